The lowest BCUT2D eigenvalue weighted by Gasteiger charge is -2.34. The third-order valence-electron chi connectivity index (χ3n) is 3.58. The molecule has 1 rings (SSSR count). The van der Waals surface area contributed by atoms with Gasteiger partial charge < -0.3 is 0 Å². The predicted molar refractivity (Wildman–Crippen MR) is 55.1 cm³/mol. The maximum Gasteiger partial charge on any atom is -0.0206 e. The van der Waals surface area contributed by atoms with Gasteiger partial charge in [-0.05, 0) is 43.9 Å². The molecular formula is C12H22. The standard InChI is InChI=1S/C12H22/c1-5-11-8-12(9(2)3)7-6-10(11)4/h10-12H,2,5-8H2,1,3-4H3/t10?,11-,12?/m0/s1. The van der Waals surface area contributed by atoms with E-state index >= 15 is 0 Å². The lowest BCUT2D eigenvalue weighted by molar-refractivity contribution is 0.207. The Morgan fingerprint density at radius 3 is 2.58 bits per heavy atom. The van der Waals surface area contributed by atoms with E-state index in [9.17, 15) is 0 Å². The van der Waals surface area contributed by atoms with Crippen molar-refractivity contribution in [1.82, 2.24) is 0 Å². The van der Waals surface area contributed by atoms with Crippen LogP contribution >= 0.6 is 0 Å². The van der Waals surface area contributed by atoms with Crippen LogP contribution in [0.4, 0.5) is 0 Å². The molecule has 0 bridgehead atoms. The van der Waals surface area contributed by atoms with Crippen LogP contribution in [0.5, 0.6) is 0 Å². The van der Waals surface area contributed by atoms with E-state index in [0.29, 0.717) is 0 Å². The van der Waals surface area contributed by atoms with Gasteiger partial charge in [-0.1, -0.05) is 32.4 Å². The fraction of sp³-hybridized carbons (Fsp3) is 0.833. The Balaban J connectivity index is 2.49. The highest BCUT2D eigenvalue weighted by molar-refractivity contribution is 4.99. The molecule has 0 aromatic rings. The quantitative estimate of drug-likeness (QED) is 0.543. The Hall–Kier alpha value is -0.260. The van der Waals surface area contributed by atoms with Crippen molar-refractivity contribution in [2.45, 2.75) is 46.5 Å². The zero-order valence-electron chi connectivity index (χ0n) is 8.77. The molecule has 70 valence electrons. The number of hydrogen-bond donors (Lipinski definition) is 0. The highest BCUT2D eigenvalue weighted by Crippen LogP contribution is 2.37. The first-order chi connectivity index (χ1) is 5.65. The Labute approximate surface area is 77.1 Å². The van der Waals surface area contributed by atoms with Crippen LogP contribution in [0.1, 0.15) is 46.5 Å². The van der Waals surface area contributed by atoms with E-state index in [4.69, 9.17) is 0 Å². The van der Waals surface area contributed by atoms with Gasteiger partial charge in [0.1, 0.15) is 0 Å². The lowest BCUT2D eigenvalue weighted by atomic mass is 9.72. The molecule has 1 saturated carbocycles. The first-order valence-electron chi connectivity index (χ1n) is 5.30. The largest absolute Gasteiger partial charge is 0.0999 e. The Kier molecular flexibility index (Phi) is 3.37. The molecule has 0 amide bonds. The molecule has 1 fully saturated rings. The summed E-state index contributed by atoms with van der Waals surface area (Å²) in [6, 6.07) is 0. The molecule has 1 aliphatic rings. The molecule has 1 aliphatic carbocycles. The molecule has 0 heterocycles. The van der Waals surface area contributed by atoms with Gasteiger partial charge in [0.2, 0.25) is 0 Å². The Morgan fingerprint density at radius 1 is 1.42 bits per heavy atom. The third kappa shape index (κ3) is 2.12. The van der Waals surface area contributed by atoms with Gasteiger partial charge in [-0.3, -0.25) is 0 Å². The highest BCUT2D eigenvalue weighted by atomic mass is 14.3. The minimum atomic E-state index is 0.825. The van der Waals surface area contributed by atoms with Crippen LogP contribution in [0.15, 0.2) is 12.2 Å². The van der Waals surface area contributed by atoms with Crippen molar-refractivity contribution in [2.24, 2.45) is 17.8 Å². The average Bonchev–Trinajstić information content (AvgIpc) is 2.05. The molecule has 0 aromatic carbocycles. The first kappa shape index (κ1) is 9.83. The van der Waals surface area contributed by atoms with E-state index in [1.807, 2.05) is 0 Å². The van der Waals surface area contributed by atoms with E-state index in [1.54, 1.807) is 0 Å². The average molecular weight is 166 g/mol. The van der Waals surface area contributed by atoms with Gasteiger partial charge in [-0.15, -0.1) is 0 Å². The minimum absolute atomic E-state index is 0.825. The highest BCUT2D eigenvalue weighted by Gasteiger charge is 2.26. The van der Waals surface area contributed by atoms with E-state index in [0.717, 1.165) is 17.8 Å². The van der Waals surface area contributed by atoms with Crippen LogP contribution < -0.4 is 0 Å². The van der Waals surface area contributed by atoms with E-state index < -0.39 is 0 Å². The van der Waals surface area contributed by atoms with Crippen molar-refractivity contribution >= 4 is 0 Å². The number of allylic oxidation sites excluding steroid dienone is 1. The molecule has 0 N–H and O–H groups in total. The van der Waals surface area contributed by atoms with Crippen molar-refractivity contribution in [1.29, 1.82) is 0 Å². The van der Waals surface area contributed by atoms with Crippen molar-refractivity contribution in [3.05, 3.63) is 12.2 Å². The Bertz CT molecular complexity index is 157. The van der Waals surface area contributed by atoms with E-state index in [-0.39, 0.29) is 0 Å². The molecule has 12 heavy (non-hydrogen) atoms. The van der Waals surface area contributed by atoms with Gasteiger partial charge in [-0.25, -0.2) is 0 Å². The zero-order valence-corrected chi connectivity index (χ0v) is 8.77. The van der Waals surface area contributed by atoms with Gasteiger partial charge in [0.05, 0.1) is 0 Å². The van der Waals surface area contributed by atoms with Crippen molar-refractivity contribution < 1.29 is 0 Å². The van der Waals surface area contributed by atoms with Gasteiger partial charge in [0.25, 0.3) is 0 Å². The van der Waals surface area contributed by atoms with Crippen LogP contribution in [-0.4, -0.2) is 0 Å². The van der Waals surface area contributed by atoms with Crippen molar-refractivity contribution in [3.63, 3.8) is 0 Å². The summed E-state index contributed by atoms with van der Waals surface area (Å²) in [5, 5.41) is 0. The Morgan fingerprint density at radius 2 is 2.08 bits per heavy atom. The molecule has 3 atom stereocenters. The van der Waals surface area contributed by atoms with E-state index in [1.165, 1.54) is 31.3 Å². The SMILES string of the molecule is C=C(C)C1CCC(C)[C@@H](CC)C1. The van der Waals surface area contributed by atoms with Crippen LogP contribution in [-0.2, 0) is 0 Å². The monoisotopic (exact) mass is 166 g/mol. The smallest absolute Gasteiger partial charge is 0.0206 e. The summed E-state index contributed by atoms with van der Waals surface area (Å²) in [6.07, 6.45) is 5.54. The summed E-state index contributed by atoms with van der Waals surface area (Å²) in [5.74, 6) is 2.73. The van der Waals surface area contributed by atoms with E-state index in [2.05, 4.69) is 27.4 Å². The molecule has 0 aliphatic heterocycles. The second-order valence-corrected chi connectivity index (χ2v) is 4.50. The molecule has 0 radical (unpaired) electrons. The fourth-order valence-corrected chi connectivity index (χ4v) is 2.43. The van der Waals surface area contributed by atoms with Crippen LogP contribution in [0.2, 0.25) is 0 Å². The van der Waals surface area contributed by atoms with Gasteiger partial charge in [0, 0.05) is 0 Å². The lowest BCUT2D eigenvalue weighted by Crippen LogP contribution is -2.22. The summed E-state index contributed by atoms with van der Waals surface area (Å²) in [6.45, 7) is 11.0. The second-order valence-electron chi connectivity index (χ2n) is 4.50. The van der Waals surface area contributed by atoms with Crippen LogP contribution in [0, 0.1) is 17.8 Å². The fourth-order valence-electron chi connectivity index (χ4n) is 2.43. The third-order valence-corrected chi connectivity index (χ3v) is 3.58. The summed E-state index contributed by atoms with van der Waals surface area (Å²) in [4.78, 5) is 0. The molecule has 0 aromatic heterocycles. The molecule has 0 saturated heterocycles. The van der Waals surface area contributed by atoms with Gasteiger partial charge in [0.15, 0.2) is 0 Å². The normalized spacial score (nSPS) is 36.4. The van der Waals surface area contributed by atoms with Crippen molar-refractivity contribution in [2.75, 3.05) is 0 Å². The number of hydrogen-bond acceptors (Lipinski definition) is 0. The predicted octanol–water partition coefficient (Wildman–Crippen LogP) is 4.02. The number of rotatable bonds is 2. The van der Waals surface area contributed by atoms with Gasteiger partial charge >= 0.3 is 0 Å². The maximum absolute atomic E-state index is 4.07. The van der Waals surface area contributed by atoms with Crippen molar-refractivity contribution in [3.8, 4) is 0 Å². The maximum atomic E-state index is 4.07. The zero-order chi connectivity index (χ0) is 9.14. The molecule has 0 heteroatoms. The molecular weight excluding hydrogens is 144 g/mol. The summed E-state index contributed by atoms with van der Waals surface area (Å²) >= 11 is 0. The minimum Gasteiger partial charge on any atom is -0.0999 e. The molecule has 0 nitrogen and oxygen atoms in total. The summed E-state index contributed by atoms with van der Waals surface area (Å²) in [5.41, 5.74) is 1.40. The molecule has 2 unspecified atom stereocenters. The summed E-state index contributed by atoms with van der Waals surface area (Å²) in [7, 11) is 0. The molecule has 0 spiro atoms. The first-order valence-corrected chi connectivity index (χ1v) is 5.30. The van der Waals surface area contributed by atoms with Crippen LogP contribution in [0.25, 0.3) is 0 Å². The second kappa shape index (κ2) is 4.11. The van der Waals surface area contributed by atoms with Crippen LogP contribution in [0.3, 0.4) is 0 Å². The summed E-state index contributed by atoms with van der Waals surface area (Å²) < 4.78 is 0. The van der Waals surface area contributed by atoms with Gasteiger partial charge in [-0.2, -0.15) is 0 Å². The topological polar surface area (TPSA) is 0 Å².